The molecule has 0 aliphatic carbocycles. The van der Waals surface area contributed by atoms with E-state index >= 15 is 0 Å². The van der Waals surface area contributed by atoms with Crippen molar-refractivity contribution in [1.82, 2.24) is 4.90 Å². The fourth-order valence-electron chi connectivity index (χ4n) is 7.99. The van der Waals surface area contributed by atoms with Gasteiger partial charge < -0.3 is 62.9 Å². The van der Waals surface area contributed by atoms with Crippen LogP contribution in [-0.2, 0) is 57.1 Å². The highest BCUT2D eigenvalue weighted by Crippen LogP contribution is 2.37. The molecule has 0 amide bonds. The van der Waals surface area contributed by atoms with Gasteiger partial charge in [-0.1, -0.05) is 32.1 Å². The van der Waals surface area contributed by atoms with Gasteiger partial charge in [-0.15, -0.1) is 11.6 Å². The highest BCUT2D eigenvalue weighted by molar-refractivity contribution is 6.26. The van der Waals surface area contributed by atoms with Crippen molar-refractivity contribution in [2.75, 3.05) is 27.1 Å². The second-order valence-electron chi connectivity index (χ2n) is 16.1. The first kappa shape index (κ1) is 49.8. The van der Waals surface area contributed by atoms with E-state index in [0.717, 1.165) is 0 Å². The van der Waals surface area contributed by atoms with Crippen LogP contribution in [0, 0.1) is 11.8 Å². The average Bonchev–Trinajstić information content (AvgIpc) is 3.13. The maximum absolute atomic E-state index is 13.0. The highest BCUT2D eigenvalue weighted by atomic mass is 35.5. The predicted molar refractivity (Wildman–Crippen MR) is 210 cm³/mol. The molecule has 17 heteroatoms. The fraction of sp³-hybridized carbons (Fsp3) is 0.805. The van der Waals surface area contributed by atoms with E-state index in [1.165, 1.54) is 7.11 Å². The summed E-state index contributed by atoms with van der Waals surface area (Å²) in [4.78, 5) is 51.7. The molecular formula is C41H66ClNO15. The number of likely N-dealkylation sites (N-methyl/N-ethyl adjacent to an activating group) is 1. The zero-order valence-corrected chi connectivity index (χ0v) is 36.0. The number of carbonyl (C=O) groups excluding carboxylic acids is 4. The van der Waals surface area contributed by atoms with Crippen molar-refractivity contribution in [2.45, 2.75) is 172 Å². The van der Waals surface area contributed by atoms with E-state index in [4.69, 9.17) is 49.5 Å². The number of cyclic esters (lactones) is 1. The van der Waals surface area contributed by atoms with Crippen LogP contribution in [0.25, 0.3) is 0 Å². The molecule has 3 rings (SSSR count). The molecule has 2 saturated heterocycles. The summed E-state index contributed by atoms with van der Waals surface area (Å²) in [6.07, 6.45) is -3.79. The van der Waals surface area contributed by atoms with Gasteiger partial charge in [0.15, 0.2) is 18.7 Å². The third-order valence-electron chi connectivity index (χ3n) is 10.8. The third-order valence-corrected chi connectivity index (χ3v) is 11.1. The number of rotatable bonds is 13. The fourth-order valence-corrected chi connectivity index (χ4v) is 8.05. The number of nitrogens with zero attached hydrogens (tertiary/aromatic N) is 1. The van der Waals surface area contributed by atoms with E-state index < -0.39 is 121 Å². The lowest BCUT2D eigenvalue weighted by molar-refractivity contribution is -0.344. The molecule has 0 saturated carbocycles. The van der Waals surface area contributed by atoms with Crippen molar-refractivity contribution >= 4 is 35.8 Å². The molecule has 0 spiro atoms. The summed E-state index contributed by atoms with van der Waals surface area (Å²) in [5.74, 6) is -3.28. The first-order valence-electron chi connectivity index (χ1n) is 20.2. The van der Waals surface area contributed by atoms with Crippen LogP contribution in [0.5, 0.6) is 0 Å². The molecule has 0 radical (unpaired) electrons. The lowest BCUT2D eigenvalue weighted by Gasteiger charge is -2.50. The van der Waals surface area contributed by atoms with Crippen molar-refractivity contribution in [3.8, 4) is 0 Å². The molecule has 16 atom stereocenters. The molecule has 0 aromatic heterocycles. The Morgan fingerprint density at radius 2 is 1.72 bits per heavy atom. The van der Waals surface area contributed by atoms with E-state index in [2.05, 4.69) is 0 Å². The normalized spacial score (nSPS) is 40.6. The summed E-state index contributed by atoms with van der Waals surface area (Å²) in [7, 11) is 4.82. The summed E-state index contributed by atoms with van der Waals surface area (Å²) >= 11 is 5.79. The molecule has 58 heavy (non-hydrogen) atoms. The number of hydrogen-bond donors (Lipinski definition) is 3. The summed E-state index contributed by atoms with van der Waals surface area (Å²) in [6, 6.07) is -0.785. The Balaban J connectivity index is 1.97. The first-order chi connectivity index (χ1) is 27.4. The quantitative estimate of drug-likeness (QED) is 0.105. The Kier molecular flexibility index (Phi) is 20.2. The minimum atomic E-state index is -1.49. The van der Waals surface area contributed by atoms with Gasteiger partial charge in [0.25, 0.3) is 0 Å². The molecular weight excluding hydrogens is 782 g/mol. The number of alkyl halides is 1. The number of aldehydes is 1. The highest BCUT2D eigenvalue weighted by Gasteiger charge is 2.52. The number of hydrogen-bond acceptors (Lipinski definition) is 16. The van der Waals surface area contributed by atoms with Crippen molar-refractivity contribution in [2.24, 2.45) is 11.8 Å². The number of methoxy groups -OCH3 is 1. The second-order valence-corrected chi connectivity index (χ2v) is 16.4. The molecule has 0 aromatic rings. The molecule has 16 nitrogen and oxygen atoms in total. The first-order valence-corrected chi connectivity index (χ1v) is 20.7. The number of halogens is 1. The van der Waals surface area contributed by atoms with Gasteiger partial charge >= 0.3 is 17.9 Å². The second kappa shape index (κ2) is 23.5. The topological polar surface area (TPSA) is 206 Å². The molecule has 3 N–H and O–H groups in total. The van der Waals surface area contributed by atoms with Crippen LogP contribution in [0.2, 0.25) is 0 Å². The molecule has 3 aliphatic heterocycles. The van der Waals surface area contributed by atoms with Gasteiger partial charge in [-0.2, -0.15) is 0 Å². The molecule has 3 aliphatic rings. The number of aliphatic hydroxyl groups is 3. The van der Waals surface area contributed by atoms with Crippen LogP contribution in [0.15, 0.2) is 24.3 Å². The van der Waals surface area contributed by atoms with Crippen LogP contribution in [0.3, 0.4) is 0 Å². The number of aliphatic hydroxyl groups excluding tert-OH is 2. The van der Waals surface area contributed by atoms with E-state index in [0.29, 0.717) is 19.1 Å². The van der Waals surface area contributed by atoms with Gasteiger partial charge in [0, 0.05) is 32.8 Å². The van der Waals surface area contributed by atoms with Crippen molar-refractivity contribution in [1.29, 1.82) is 0 Å². The Hall–Kier alpha value is -2.51. The predicted octanol–water partition coefficient (Wildman–Crippen LogP) is 2.99. The Bertz CT molecular complexity index is 1380. The van der Waals surface area contributed by atoms with Gasteiger partial charge in [-0.05, 0) is 72.5 Å². The third kappa shape index (κ3) is 14.0. The molecule has 3 heterocycles. The largest absolute Gasteiger partial charge is 0.462 e. The SMILES string of the molecule is CCCC(=O)O[C@H]1[C@H](C)O[C@@H](O[C@H]2[C@H](N(C)C)[C@@H](O)[C@H](O[C@H]3[C@@H](CC=O)C[C@@H](C)[C@@H](OC(=O)CCl)/C=C/C=C/C[C@@H](C)OC(=O)C[C@@H](O)[C@@H]3OC)O[C@@H]2C)C[C@@]1(C)O. The molecule has 332 valence electrons. The van der Waals surface area contributed by atoms with E-state index in [9.17, 15) is 34.5 Å². The summed E-state index contributed by atoms with van der Waals surface area (Å²) < 4.78 is 48.1. The average molecular weight is 848 g/mol. The van der Waals surface area contributed by atoms with E-state index in [1.807, 2.05) is 13.8 Å². The zero-order chi connectivity index (χ0) is 43.3. The number of ether oxygens (including phenoxy) is 8. The van der Waals surface area contributed by atoms with Crippen molar-refractivity contribution in [3.05, 3.63) is 24.3 Å². The monoisotopic (exact) mass is 847 g/mol. The zero-order valence-electron chi connectivity index (χ0n) is 35.3. The minimum absolute atomic E-state index is 0.0459. The molecule has 2 fully saturated rings. The van der Waals surface area contributed by atoms with Gasteiger partial charge in [-0.3, -0.25) is 14.4 Å². The summed E-state index contributed by atoms with van der Waals surface area (Å²) in [5.41, 5.74) is -1.49. The smallest absolute Gasteiger partial charge is 0.321 e. The van der Waals surface area contributed by atoms with Gasteiger partial charge in [-0.25, -0.2) is 0 Å². The standard InChI is InChI=1S/C41H66ClNO15/c1-10-14-30(46)56-39-26(5)53-33(21-41(39,6)50)57-36-25(4)54-40(35(49)34(36)43(7)8)58-37-27(17-18-44)19-23(2)29(55-32(48)22-42)16-13-11-12-15-24(3)52-31(47)20-28(45)38(37)51-9/h11-13,16,18,23-29,33-40,45,49-50H,10,14-15,17,19-22H2,1-9H3/b12-11+,16-13+/t23-,24-,25-,26+,27+,28-,29+,33+,34-,35-,36-,37+,38+,39+,40+,41-/m1/s1. The van der Waals surface area contributed by atoms with Crippen molar-refractivity contribution < 1.29 is 72.4 Å². The maximum atomic E-state index is 13.0. The maximum Gasteiger partial charge on any atom is 0.321 e. The minimum Gasteiger partial charge on any atom is -0.462 e. The lowest BCUT2D eigenvalue weighted by atomic mass is 9.82. The van der Waals surface area contributed by atoms with Crippen LogP contribution in [0.4, 0.5) is 0 Å². The Morgan fingerprint density at radius 3 is 2.33 bits per heavy atom. The van der Waals surface area contributed by atoms with Gasteiger partial charge in [0.1, 0.15) is 48.3 Å². The van der Waals surface area contributed by atoms with Crippen LogP contribution in [0.1, 0.15) is 86.5 Å². The molecule has 0 aromatic carbocycles. The summed E-state index contributed by atoms with van der Waals surface area (Å²) in [5, 5.41) is 34.9. The van der Waals surface area contributed by atoms with E-state index in [1.54, 1.807) is 71.0 Å². The Labute approximate surface area is 347 Å². The summed E-state index contributed by atoms with van der Waals surface area (Å²) in [6.45, 7) is 10.4. The number of carbonyl (C=O) groups is 4. The Morgan fingerprint density at radius 1 is 1.02 bits per heavy atom. The van der Waals surface area contributed by atoms with Gasteiger partial charge in [0.2, 0.25) is 0 Å². The van der Waals surface area contributed by atoms with E-state index in [-0.39, 0.29) is 31.6 Å². The van der Waals surface area contributed by atoms with Gasteiger partial charge in [0.05, 0.1) is 36.9 Å². The van der Waals surface area contributed by atoms with Crippen molar-refractivity contribution in [3.63, 3.8) is 0 Å². The molecule has 0 unspecified atom stereocenters. The van der Waals surface area contributed by atoms with Crippen LogP contribution in [-0.4, -0.2) is 157 Å². The number of esters is 3. The number of allylic oxidation sites excluding steroid dienone is 2. The molecule has 0 bridgehead atoms. The van der Waals surface area contributed by atoms with Crippen LogP contribution >= 0.6 is 11.6 Å². The lowest BCUT2D eigenvalue weighted by Crippen LogP contribution is -2.66. The van der Waals surface area contributed by atoms with Crippen LogP contribution < -0.4 is 0 Å².